The molecule has 5 rings (SSSR count). The number of aromatic hydroxyl groups is 1. The van der Waals surface area contributed by atoms with E-state index < -0.39 is 0 Å². The fourth-order valence-electron chi connectivity index (χ4n) is 3.85. The Morgan fingerprint density at radius 3 is 2.75 bits per heavy atom. The number of aromatic nitrogens is 1. The van der Waals surface area contributed by atoms with Gasteiger partial charge in [-0.05, 0) is 49.4 Å². The summed E-state index contributed by atoms with van der Waals surface area (Å²) in [6.07, 6.45) is 3.79. The number of fused-ring (bicyclic) bond motifs is 3. The predicted molar refractivity (Wildman–Crippen MR) is 108 cm³/mol. The van der Waals surface area contributed by atoms with Crippen LogP contribution in [0, 0.1) is 6.92 Å². The number of halogens is 1. The largest absolute Gasteiger partial charge is 0.507 e. The first-order chi connectivity index (χ1) is 13.6. The molecule has 2 aliphatic rings. The van der Waals surface area contributed by atoms with Crippen LogP contribution in [-0.4, -0.2) is 20.8 Å². The van der Waals surface area contributed by atoms with E-state index in [1.165, 1.54) is 0 Å². The van der Waals surface area contributed by atoms with Crippen LogP contribution in [0.15, 0.2) is 66.0 Å². The van der Waals surface area contributed by atoms with Gasteiger partial charge in [0.25, 0.3) is 0 Å². The van der Waals surface area contributed by atoms with Gasteiger partial charge in [0.2, 0.25) is 6.23 Å². The topological polar surface area (TPSA) is 58.0 Å². The maximum atomic E-state index is 10.4. The number of hydrazone groups is 1. The zero-order chi connectivity index (χ0) is 19.3. The van der Waals surface area contributed by atoms with Crippen molar-refractivity contribution in [2.75, 3.05) is 0 Å². The summed E-state index contributed by atoms with van der Waals surface area (Å²) in [5, 5.41) is 17.9. The molecule has 2 atom stereocenters. The Morgan fingerprint density at radius 1 is 1.11 bits per heavy atom. The first-order valence-corrected chi connectivity index (χ1v) is 9.50. The van der Waals surface area contributed by atoms with Crippen molar-refractivity contribution in [3.8, 4) is 11.5 Å². The predicted octanol–water partition coefficient (Wildman–Crippen LogP) is 4.99. The highest BCUT2D eigenvalue weighted by Crippen LogP contribution is 2.48. The molecule has 0 spiro atoms. The number of hydrogen-bond acceptors (Lipinski definition) is 5. The van der Waals surface area contributed by atoms with Gasteiger partial charge >= 0.3 is 0 Å². The molecule has 3 aromatic rings. The summed E-state index contributed by atoms with van der Waals surface area (Å²) < 4.78 is 6.29. The van der Waals surface area contributed by atoms with E-state index in [-0.39, 0.29) is 18.0 Å². The van der Waals surface area contributed by atoms with Crippen molar-refractivity contribution in [3.05, 3.63) is 88.2 Å². The van der Waals surface area contributed by atoms with Crippen LogP contribution in [0.25, 0.3) is 0 Å². The number of hydrogen-bond donors (Lipinski definition) is 1. The molecule has 0 fully saturated rings. The van der Waals surface area contributed by atoms with Gasteiger partial charge in [0.15, 0.2) is 0 Å². The highest BCUT2D eigenvalue weighted by Gasteiger charge is 2.41. The molecule has 1 aromatic heterocycles. The highest BCUT2D eigenvalue weighted by molar-refractivity contribution is 6.30. The molecule has 0 bridgehead atoms. The Bertz CT molecular complexity index is 1080. The summed E-state index contributed by atoms with van der Waals surface area (Å²) in [5.74, 6) is 1.04. The summed E-state index contributed by atoms with van der Waals surface area (Å²) in [7, 11) is 0. The molecule has 28 heavy (non-hydrogen) atoms. The summed E-state index contributed by atoms with van der Waals surface area (Å²) in [6.45, 7) is 2.00. The Morgan fingerprint density at radius 2 is 1.93 bits per heavy atom. The lowest BCUT2D eigenvalue weighted by Crippen LogP contribution is -2.33. The third-order valence-corrected chi connectivity index (χ3v) is 5.44. The van der Waals surface area contributed by atoms with Crippen molar-refractivity contribution in [1.82, 2.24) is 9.99 Å². The minimum absolute atomic E-state index is 0.0180. The van der Waals surface area contributed by atoms with E-state index >= 15 is 0 Å². The highest BCUT2D eigenvalue weighted by atomic mass is 35.5. The average Bonchev–Trinajstić information content (AvgIpc) is 3.15. The number of phenols is 1. The fraction of sp³-hybridized carbons (Fsp3) is 0.182. The molecule has 0 radical (unpaired) electrons. The number of nitrogens with zero attached hydrogens (tertiary/aromatic N) is 3. The Kier molecular flexibility index (Phi) is 3.98. The monoisotopic (exact) mass is 391 g/mol. The van der Waals surface area contributed by atoms with Gasteiger partial charge in [0.05, 0.1) is 11.8 Å². The molecule has 2 aliphatic heterocycles. The molecule has 1 N–H and O–H groups in total. The van der Waals surface area contributed by atoms with E-state index in [0.717, 1.165) is 33.7 Å². The van der Waals surface area contributed by atoms with Gasteiger partial charge in [0, 0.05) is 40.5 Å². The molecule has 0 unspecified atom stereocenters. The quantitative estimate of drug-likeness (QED) is 0.668. The third-order valence-electron chi connectivity index (χ3n) is 5.21. The van der Waals surface area contributed by atoms with Crippen molar-refractivity contribution in [1.29, 1.82) is 0 Å². The summed E-state index contributed by atoms with van der Waals surface area (Å²) in [6, 6.07) is 15.1. The van der Waals surface area contributed by atoms with Crippen molar-refractivity contribution in [2.45, 2.75) is 25.6 Å². The minimum atomic E-state index is -0.369. The van der Waals surface area contributed by atoms with Gasteiger partial charge < -0.3 is 9.84 Å². The summed E-state index contributed by atoms with van der Waals surface area (Å²) >= 11 is 6.26. The number of rotatable bonds is 2. The van der Waals surface area contributed by atoms with Gasteiger partial charge in [-0.3, -0.25) is 4.98 Å². The summed E-state index contributed by atoms with van der Waals surface area (Å²) in [5.41, 5.74) is 4.64. The van der Waals surface area contributed by atoms with E-state index in [0.29, 0.717) is 11.4 Å². The second-order valence-corrected chi connectivity index (χ2v) is 7.54. The van der Waals surface area contributed by atoms with Gasteiger partial charge in [-0.25, -0.2) is 5.01 Å². The van der Waals surface area contributed by atoms with Crippen molar-refractivity contribution >= 4 is 17.3 Å². The van der Waals surface area contributed by atoms with E-state index in [1.807, 2.05) is 54.4 Å². The zero-order valence-electron chi connectivity index (χ0n) is 15.2. The average molecular weight is 392 g/mol. The van der Waals surface area contributed by atoms with Gasteiger partial charge in [-0.1, -0.05) is 23.2 Å². The maximum absolute atomic E-state index is 10.4. The second-order valence-electron chi connectivity index (χ2n) is 7.10. The Hall–Kier alpha value is -3.05. The van der Waals surface area contributed by atoms with Crippen LogP contribution in [0.2, 0.25) is 5.02 Å². The van der Waals surface area contributed by atoms with Crippen LogP contribution in [0.1, 0.15) is 40.9 Å². The smallest absolute Gasteiger partial charge is 0.213 e. The van der Waals surface area contributed by atoms with E-state index in [9.17, 15) is 5.11 Å². The van der Waals surface area contributed by atoms with Crippen LogP contribution >= 0.6 is 11.6 Å². The lowest BCUT2D eigenvalue weighted by Gasteiger charge is -2.38. The molecule has 0 amide bonds. The molecular formula is C22H18ClN3O2. The van der Waals surface area contributed by atoms with Crippen molar-refractivity contribution < 1.29 is 9.84 Å². The molecule has 140 valence electrons. The van der Waals surface area contributed by atoms with Crippen molar-refractivity contribution in [2.24, 2.45) is 5.10 Å². The SMILES string of the molecule is Cc1ccc(O)c(C2=NN3[C@@H](C2)c2cc(Cl)ccc2O[C@H]3c2ccncc2)c1. The van der Waals surface area contributed by atoms with Gasteiger partial charge in [0.1, 0.15) is 11.5 Å². The molecule has 0 saturated heterocycles. The maximum Gasteiger partial charge on any atom is 0.213 e. The minimum Gasteiger partial charge on any atom is -0.507 e. The van der Waals surface area contributed by atoms with Crippen molar-refractivity contribution in [3.63, 3.8) is 0 Å². The molecule has 3 heterocycles. The fourth-order valence-corrected chi connectivity index (χ4v) is 4.03. The van der Waals surface area contributed by atoms with Crippen LogP contribution in [0.5, 0.6) is 11.5 Å². The van der Waals surface area contributed by atoms with Crippen LogP contribution in [0.4, 0.5) is 0 Å². The number of aryl methyl sites for hydroxylation is 1. The van der Waals surface area contributed by atoms with Gasteiger partial charge in [-0.15, -0.1) is 0 Å². The first-order valence-electron chi connectivity index (χ1n) is 9.12. The Labute approximate surface area is 167 Å². The number of pyridine rings is 1. The number of ether oxygens (including phenoxy) is 1. The zero-order valence-corrected chi connectivity index (χ0v) is 16.0. The third kappa shape index (κ3) is 2.79. The lowest BCUT2D eigenvalue weighted by atomic mass is 9.95. The van der Waals surface area contributed by atoms with Gasteiger partial charge in [-0.2, -0.15) is 5.10 Å². The lowest BCUT2D eigenvalue weighted by molar-refractivity contribution is -0.0190. The molecule has 2 aromatic carbocycles. The molecule has 5 nitrogen and oxygen atoms in total. The first kappa shape index (κ1) is 17.1. The standard InChI is InChI=1S/C22H18ClN3O2/c1-13-2-4-20(27)16(10-13)18-12-19-17-11-15(23)3-5-21(17)28-22(26(19)25-18)14-6-8-24-9-7-14/h2-11,19,22,27H,12H2,1H3/t19-,22-/m0/s1. The summed E-state index contributed by atoms with van der Waals surface area (Å²) in [4.78, 5) is 4.11. The Balaban J connectivity index is 1.63. The van der Waals surface area contributed by atoms with E-state index in [1.54, 1.807) is 18.5 Å². The van der Waals surface area contributed by atoms with E-state index in [2.05, 4.69) is 4.98 Å². The second kappa shape index (κ2) is 6.53. The number of benzene rings is 2. The molecule has 0 aliphatic carbocycles. The molecule has 0 saturated carbocycles. The normalized spacial score (nSPS) is 20.2. The molecular weight excluding hydrogens is 374 g/mol. The van der Waals surface area contributed by atoms with Crippen LogP contribution in [0.3, 0.4) is 0 Å². The van der Waals surface area contributed by atoms with Crippen LogP contribution < -0.4 is 4.74 Å². The molecule has 6 heteroatoms. The van der Waals surface area contributed by atoms with E-state index in [4.69, 9.17) is 21.4 Å². The van der Waals surface area contributed by atoms with Crippen LogP contribution in [-0.2, 0) is 0 Å². The number of phenolic OH excluding ortho intramolecular Hbond substituents is 1.